The highest BCUT2D eigenvalue weighted by molar-refractivity contribution is 5.98. The molecule has 1 N–H and O–H groups in total. The van der Waals surface area contributed by atoms with Crippen LogP contribution in [0.3, 0.4) is 0 Å². The lowest BCUT2D eigenvalue weighted by atomic mass is 9.48. The molecule has 1 amide bonds. The summed E-state index contributed by atoms with van der Waals surface area (Å²) in [4.78, 5) is 14.8. The fourth-order valence-corrected chi connectivity index (χ4v) is 4.72. The van der Waals surface area contributed by atoms with E-state index in [2.05, 4.69) is 13.8 Å². The third kappa shape index (κ3) is 2.29. The highest BCUT2D eigenvalue weighted by Crippen LogP contribution is 2.62. The number of amides is 1. The second-order valence-corrected chi connectivity index (χ2v) is 7.47. The molecule has 0 spiro atoms. The number of methoxy groups -OCH3 is 2. The van der Waals surface area contributed by atoms with Gasteiger partial charge >= 0.3 is 0 Å². The number of fused-ring (bicyclic) bond motifs is 1. The number of hydrogen-bond acceptors (Lipinski definition) is 4. The molecule has 2 fully saturated rings. The van der Waals surface area contributed by atoms with Crippen LogP contribution in [-0.4, -0.2) is 49.8 Å². The molecule has 0 radical (unpaired) electrons. The van der Waals surface area contributed by atoms with E-state index in [0.29, 0.717) is 36.1 Å². The van der Waals surface area contributed by atoms with Gasteiger partial charge in [0.2, 0.25) is 0 Å². The van der Waals surface area contributed by atoms with Crippen LogP contribution in [0.1, 0.15) is 30.6 Å². The number of ether oxygens (including phenoxy) is 2. The molecule has 2 atom stereocenters. The predicted octanol–water partition coefficient (Wildman–Crippen LogP) is 2.18. The Bertz CT molecular complexity index is 627. The molecule has 23 heavy (non-hydrogen) atoms. The summed E-state index contributed by atoms with van der Waals surface area (Å²) in [5.74, 6) is 1.31. The van der Waals surface area contributed by atoms with Gasteiger partial charge in [-0.05, 0) is 29.9 Å². The van der Waals surface area contributed by atoms with Gasteiger partial charge < -0.3 is 19.5 Å². The minimum Gasteiger partial charge on any atom is -0.493 e. The van der Waals surface area contributed by atoms with Crippen molar-refractivity contribution in [1.82, 2.24) is 4.90 Å². The summed E-state index contributed by atoms with van der Waals surface area (Å²) in [5, 5.41) is 9.85. The zero-order chi connectivity index (χ0) is 16.8. The number of nitrogens with zero attached hydrogens (tertiary/aromatic N) is 1. The van der Waals surface area contributed by atoms with E-state index < -0.39 is 0 Å². The highest BCUT2D eigenvalue weighted by Gasteiger charge is 2.63. The van der Waals surface area contributed by atoms with Gasteiger partial charge in [-0.1, -0.05) is 19.9 Å². The lowest BCUT2D eigenvalue weighted by Crippen LogP contribution is -2.54. The Balaban J connectivity index is 1.88. The highest BCUT2D eigenvalue weighted by atomic mass is 16.5. The third-order valence-corrected chi connectivity index (χ3v) is 5.63. The lowest BCUT2D eigenvalue weighted by molar-refractivity contribution is -0.0977. The summed E-state index contributed by atoms with van der Waals surface area (Å²) < 4.78 is 10.7. The van der Waals surface area contributed by atoms with Crippen LogP contribution >= 0.6 is 0 Å². The van der Waals surface area contributed by atoms with Gasteiger partial charge in [0.25, 0.3) is 5.91 Å². The molecule has 5 heteroatoms. The number of likely N-dealkylation sites (tertiary alicyclic amines) is 1. The van der Waals surface area contributed by atoms with E-state index in [1.807, 2.05) is 4.90 Å². The van der Waals surface area contributed by atoms with E-state index in [1.165, 1.54) is 0 Å². The van der Waals surface area contributed by atoms with E-state index >= 15 is 0 Å². The number of aliphatic hydroxyl groups excluding tert-OH is 1. The number of carbonyl (C=O) groups is 1. The van der Waals surface area contributed by atoms with Gasteiger partial charge in [-0.3, -0.25) is 4.79 Å². The topological polar surface area (TPSA) is 59.0 Å². The minimum absolute atomic E-state index is 0.0567. The Morgan fingerprint density at radius 2 is 2.09 bits per heavy atom. The quantitative estimate of drug-likeness (QED) is 0.924. The molecular weight excluding hydrogens is 294 g/mol. The van der Waals surface area contributed by atoms with Crippen molar-refractivity contribution in [3.8, 4) is 11.5 Å². The molecule has 5 nitrogen and oxygen atoms in total. The second kappa shape index (κ2) is 5.41. The van der Waals surface area contributed by atoms with Crippen molar-refractivity contribution in [2.24, 2.45) is 16.7 Å². The Labute approximate surface area is 137 Å². The number of rotatable bonds is 4. The Hall–Kier alpha value is -1.75. The van der Waals surface area contributed by atoms with Crippen LogP contribution in [0.25, 0.3) is 0 Å². The lowest BCUT2D eigenvalue weighted by Gasteiger charge is -2.55. The van der Waals surface area contributed by atoms with Crippen LogP contribution < -0.4 is 9.47 Å². The van der Waals surface area contributed by atoms with Crippen molar-refractivity contribution in [2.75, 3.05) is 33.9 Å². The summed E-state index contributed by atoms with van der Waals surface area (Å²) in [5.41, 5.74) is 0.556. The maximum atomic E-state index is 13.0. The van der Waals surface area contributed by atoms with E-state index in [-0.39, 0.29) is 23.3 Å². The minimum atomic E-state index is -0.134. The fraction of sp³-hybridized carbons (Fsp3) is 0.611. The normalized spacial score (nSPS) is 28.0. The largest absolute Gasteiger partial charge is 0.493 e. The van der Waals surface area contributed by atoms with Gasteiger partial charge in [0, 0.05) is 18.5 Å². The standard InChI is InChI=1S/C18H25NO4/c1-17(2)9-18(11-20)10-19(8-14(17)18)16(21)12-6-5-7-13(22-3)15(12)23-4/h5-7,14,20H,8-11H2,1-4H3/t14-,18-/m1/s1. The average Bonchev–Trinajstić information content (AvgIpc) is 2.88. The molecule has 2 aliphatic rings. The predicted molar refractivity (Wildman–Crippen MR) is 86.9 cm³/mol. The maximum Gasteiger partial charge on any atom is 0.257 e. The number of carbonyl (C=O) groups excluding carboxylic acids is 1. The summed E-state index contributed by atoms with van der Waals surface area (Å²) in [6.45, 7) is 5.86. The molecular formula is C18H25NO4. The van der Waals surface area contributed by atoms with Crippen molar-refractivity contribution in [3.63, 3.8) is 0 Å². The Kier molecular flexibility index (Phi) is 3.79. The molecule has 3 rings (SSSR count). The number of hydrogen-bond donors (Lipinski definition) is 1. The fourth-order valence-electron chi connectivity index (χ4n) is 4.72. The molecule has 1 aliphatic heterocycles. The van der Waals surface area contributed by atoms with Gasteiger partial charge in [-0.25, -0.2) is 0 Å². The molecule has 0 aromatic heterocycles. The van der Waals surface area contributed by atoms with Gasteiger partial charge in [0.15, 0.2) is 11.5 Å². The molecule has 1 aromatic rings. The zero-order valence-corrected chi connectivity index (χ0v) is 14.3. The smallest absolute Gasteiger partial charge is 0.257 e. The van der Waals surface area contributed by atoms with Crippen LogP contribution in [0.5, 0.6) is 11.5 Å². The van der Waals surface area contributed by atoms with E-state index in [0.717, 1.165) is 6.42 Å². The van der Waals surface area contributed by atoms with Crippen LogP contribution in [-0.2, 0) is 0 Å². The molecule has 1 heterocycles. The van der Waals surface area contributed by atoms with Crippen molar-refractivity contribution < 1.29 is 19.4 Å². The summed E-state index contributed by atoms with van der Waals surface area (Å²) in [6.07, 6.45) is 0.959. The molecule has 1 saturated heterocycles. The van der Waals surface area contributed by atoms with Gasteiger partial charge in [-0.2, -0.15) is 0 Å². The molecule has 1 aromatic carbocycles. The first-order chi connectivity index (χ1) is 10.9. The van der Waals surface area contributed by atoms with Gasteiger partial charge in [0.05, 0.1) is 26.4 Å². The summed E-state index contributed by atoms with van der Waals surface area (Å²) >= 11 is 0. The Morgan fingerprint density at radius 1 is 1.35 bits per heavy atom. The summed E-state index contributed by atoms with van der Waals surface area (Å²) in [7, 11) is 3.10. The van der Waals surface area contributed by atoms with E-state index in [1.54, 1.807) is 32.4 Å². The van der Waals surface area contributed by atoms with Crippen molar-refractivity contribution in [3.05, 3.63) is 23.8 Å². The first kappa shape index (κ1) is 16.1. The van der Waals surface area contributed by atoms with Crippen LogP contribution in [0.2, 0.25) is 0 Å². The molecule has 126 valence electrons. The van der Waals surface area contributed by atoms with Crippen molar-refractivity contribution >= 4 is 5.91 Å². The number of para-hydroxylation sites is 1. The van der Waals surface area contributed by atoms with Crippen molar-refractivity contribution in [1.29, 1.82) is 0 Å². The molecule has 1 saturated carbocycles. The van der Waals surface area contributed by atoms with Crippen LogP contribution in [0.15, 0.2) is 18.2 Å². The van der Waals surface area contributed by atoms with Crippen LogP contribution in [0.4, 0.5) is 0 Å². The van der Waals surface area contributed by atoms with Crippen molar-refractivity contribution in [2.45, 2.75) is 20.3 Å². The molecule has 0 bridgehead atoms. The summed E-state index contributed by atoms with van der Waals surface area (Å²) in [6, 6.07) is 5.34. The van der Waals surface area contributed by atoms with Gasteiger partial charge in [0.1, 0.15) is 0 Å². The SMILES string of the molecule is COc1cccc(C(=O)N2C[C@@H]3C(C)(C)C[C@]3(CO)C2)c1OC. The zero-order valence-electron chi connectivity index (χ0n) is 14.3. The van der Waals surface area contributed by atoms with E-state index in [9.17, 15) is 9.90 Å². The van der Waals surface area contributed by atoms with Gasteiger partial charge in [-0.15, -0.1) is 0 Å². The molecule has 1 aliphatic carbocycles. The monoisotopic (exact) mass is 319 g/mol. The number of aliphatic hydroxyl groups is 1. The van der Waals surface area contributed by atoms with E-state index in [4.69, 9.17) is 9.47 Å². The maximum absolute atomic E-state index is 13.0. The first-order valence-electron chi connectivity index (χ1n) is 7.99. The molecule has 0 unspecified atom stereocenters. The van der Waals surface area contributed by atoms with Crippen LogP contribution in [0, 0.1) is 16.7 Å². The third-order valence-electron chi connectivity index (χ3n) is 5.63. The second-order valence-electron chi connectivity index (χ2n) is 7.47. The first-order valence-corrected chi connectivity index (χ1v) is 7.99. The number of benzene rings is 1. The average molecular weight is 319 g/mol. The Morgan fingerprint density at radius 3 is 2.61 bits per heavy atom.